The van der Waals surface area contributed by atoms with Crippen molar-refractivity contribution < 1.29 is 4.79 Å². The Labute approximate surface area is 189 Å². The van der Waals surface area contributed by atoms with E-state index < -0.39 is 0 Å². The molecule has 8 heteroatoms. The molecule has 2 aromatic heterocycles. The van der Waals surface area contributed by atoms with Gasteiger partial charge >= 0.3 is 0 Å². The molecule has 0 saturated carbocycles. The first-order valence-corrected chi connectivity index (χ1v) is 11.0. The predicted molar refractivity (Wildman–Crippen MR) is 125 cm³/mol. The van der Waals surface area contributed by atoms with Crippen LogP contribution in [0.15, 0.2) is 72.1 Å². The van der Waals surface area contributed by atoms with Crippen LogP contribution in [0.1, 0.15) is 11.1 Å². The molecule has 1 N–H and O–H groups in total. The van der Waals surface area contributed by atoms with E-state index in [9.17, 15) is 4.79 Å². The van der Waals surface area contributed by atoms with Crippen LogP contribution in [0.4, 0.5) is 5.69 Å². The molecule has 0 atom stereocenters. The van der Waals surface area contributed by atoms with E-state index >= 15 is 0 Å². The summed E-state index contributed by atoms with van der Waals surface area (Å²) in [5.41, 5.74) is 4.74. The minimum atomic E-state index is -0.105. The van der Waals surface area contributed by atoms with Crippen molar-refractivity contribution in [2.45, 2.75) is 19.0 Å². The number of hydrogen-bond donors (Lipinski definition) is 1. The number of hydrogen-bond acceptors (Lipinski definition) is 5. The van der Waals surface area contributed by atoms with Crippen LogP contribution in [0.25, 0.3) is 17.1 Å². The summed E-state index contributed by atoms with van der Waals surface area (Å²) < 4.78 is 1.92. The molecule has 0 aliphatic rings. The lowest BCUT2D eigenvalue weighted by atomic mass is 10.1. The molecule has 0 fully saturated rings. The highest BCUT2D eigenvalue weighted by Crippen LogP contribution is 2.28. The first kappa shape index (κ1) is 21.1. The van der Waals surface area contributed by atoms with Gasteiger partial charge in [0.05, 0.1) is 5.75 Å². The van der Waals surface area contributed by atoms with E-state index in [-0.39, 0.29) is 11.7 Å². The van der Waals surface area contributed by atoms with Crippen LogP contribution >= 0.6 is 23.4 Å². The summed E-state index contributed by atoms with van der Waals surface area (Å²) in [7, 11) is 0. The van der Waals surface area contributed by atoms with Crippen molar-refractivity contribution >= 4 is 35.0 Å². The van der Waals surface area contributed by atoms with Crippen molar-refractivity contribution in [3.8, 4) is 17.1 Å². The summed E-state index contributed by atoms with van der Waals surface area (Å²) in [6, 6.07) is 17.1. The smallest absolute Gasteiger partial charge is 0.234 e. The fraction of sp³-hybridized carbons (Fsp3) is 0.130. The van der Waals surface area contributed by atoms with E-state index in [0.717, 1.165) is 28.1 Å². The Balaban J connectivity index is 1.58. The highest BCUT2D eigenvalue weighted by Gasteiger charge is 2.17. The third-order valence-corrected chi connectivity index (χ3v) is 5.68. The molecule has 0 unspecified atom stereocenters. The molecule has 6 nitrogen and oxygen atoms in total. The molecule has 0 radical (unpaired) electrons. The third kappa shape index (κ3) is 5.13. The Hall–Kier alpha value is -3.16. The Morgan fingerprint density at radius 2 is 1.68 bits per heavy atom. The summed E-state index contributed by atoms with van der Waals surface area (Å²) in [5, 5.41) is 12.9. The molecular weight excluding hydrogens is 430 g/mol. The van der Waals surface area contributed by atoms with E-state index in [1.807, 2.05) is 66.9 Å². The maximum Gasteiger partial charge on any atom is 0.234 e. The molecule has 2 heterocycles. The molecule has 0 saturated heterocycles. The van der Waals surface area contributed by atoms with Crippen molar-refractivity contribution in [3.63, 3.8) is 0 Å². The Bertz CT molecular complexity index is 1190. The van der Waals surface area contributed by atoms with Gasteiger partial charge in [-0.1, -0.05) is 29.4 Å². The zero-order valence-electron chi connectivity index (χ0n) is 17.0. The van der Waals surface area contributed by atoms with E-state index in [1.54, 1.807) is 12.4 Å². The van der Waals surface area contributed by atoms with Gasteiger partial charge < -0.3 is 5.32 Å². The number of nitrogens with zero attached hydrogens (tertiary/aromatic N) is 4. The molecule has 0 bridgehead atoms. The normalized spacial score (nSPS) is 10.8. The average Bonchev–Trinajstić information content (AvgIpc) is 3.17. The van der Waals surface area contributed by atoms with Gasteiger partial charge in [-0.05, 0) is 73.5 Å². The summed E-state index contributed by atoms with van der Waals surface area (Å²) in [4.78, 5) is 16.6. The number of carbonyl (C=O) groups excluding carboxylic acids is 1. The summed E-state index contributed by atoms with van der Waals surface area (Å²) in [6.07, 6.45) is 3.42. The van der Waals surface area contributed by atoms with E-state index in [0.29, 0.717) is 16.0 Å². The van der Waals surface area contributed by atoms with Crippen LogP contribution in [0.5, 0.6) is 0 Å². The lowest BCUT2D eigenvalue weighted by Crippen LogP contribution is -2.14. The van der Waals surface area contributed by atoms with Gasteiger partial charge in [0.2, 0.25) is 5.91 Å². The Kier molecular flexibility index (Phi) is 6.34. The highest BCUT2D eigenvalue weighted by molar-refractivity contribution is 7.99. The third-order valence-electron chi connectivity index (χ3n) is 4.49. The molecular formula is C23H20ClN5OS. The van der Waals surface area contributed by atoms with Crippen LogP contribution in [-0.4, -0.2) is 31.4 Å². The topological polar surface area (TPSA) is 72.7 Å². The average molecular weight is 450 g/mol. The number of aromatic nitrogens is 4. The minimum absolute atomic E-state index is 0.105. The zero-order chi connectivity index (χ0) is 21.8. The number of thioether (sulfide) groups is 1. The van der Waals surface area contributed by atoms with Gasteiger partial charge in [0.15, 0.2) is 11.0 Å². The number of nitrogens with one attached hydrogen (secondary N) is 1. The molecule has 1 amide bonds. The molecule has 31 heavy (non-hydrogen) atoms. The highest BCUT2D eigenvalue weighted by atomic mass is 35.5. The number of benzene rings is 2. The van der Waals surface area contributed by atoms with Gasteiger partial charge in [0, 0.05) is 34.4 Å². The Morgan fingerprint density at radius 3 is 2.35 bits per heavy atom. The first-order valence-electron chi connectivity index (χ1n) is 9.62. The number of aryl methyl sites for hydroxylation is 2. The molecule has 4 rings (SSSR count). The van der Waals surface area contributed by atoms with Gasteiger partial charge in [-0.15, -0.1) is 10.2 Å². The summed E-state index contributed by atoms with van der Waals surface area (Å²) >= 11 is 7.39. The van der Waals surface area contributed by atoms with E-state index in [4.69, 9.17) is 11.6 Å². The van der Waals surface area contributed by atoms with Crippen molar-refractivity contribution in [1.29, 1.82) is 0 Å². The van der Waals surface area contributed by atoms with Gasteiger partial charge in [-0.25, -0.2) is 0 Å². The lowest BCUT2D eigenvalue weighted by molar-refractivity contribution is -0.113. The lowest BCUT2D eigenvalue weighted by Gasteiger charge is -2.11. The fourth-order valence-electron chi connectivity index (χ4n) is 3.25. The van der Waals surface area contributed by atoms with E-state index in [2.05, 4.69) is 26.6 Å². The maximum absolute atomic E-state index is 12.6. The van der Waals surface area contributed by atoms with Crippen LogP contribution in [0.3, 0.4) is 0 Å². The molecule has 0 aliphatic heterocycles. The second-order valence-electron chi connectivity index (χ2n) is 7.07. The number of pyridine rings is 1. The van der Waals surface area contributed by atoms with Gasteiger partial charge in [-0.2, -0.15) is 0 Å². The quantitative estimate of drug-likeness (QED) is 0.403. The van der Waals surface area contributed by atoms with Crippen molar-refractivity contribution in [1.82, 2.24) is 19.7 Å². The fourth-order valence-corrected chi connectivity index (χ4v) is 4.13. The standard InChI is InChI=1S/C23H20ClN5OS/c1-15-11-16(2)13-19(12-15)26-21(30)14-31-23-28-27-22(17-7-9-25-10-8-17)29(23)20-5-3-18(24)4-6-20/h3-13H,14H2,1-2H3,(H,26,30). The van der Waals surface area contributed by atoms with Gasteiger partial charge in [0.1, 0.15) is 0 Å². The van der Waals surface area contributed by atoms with Crippen molar-refractivity contribution in [2.75, 3.05) is 11.1 Å². The van der Waals surface area contributed by atoms with Crippen LogP contribution in [-0.2, 0) is 4.79 Å². The molecule has 4 aromatic rings. The molecule has 0 spiro atoms. The zero-order valence-corrected chi connectivity index (χ0v) is 18.6. The second kappa shape index (κ2) is 9.32. The number of rotatable bonds is 6. The van der Waals surface area contributed by atoms with Crippen LogP contribution in [0.2, 0.25) is 5.02 Å². The second-order valence-corrected chi connectivity index (χ2v) is 8.45. The summed E-state index contributed by atoms with van der Waals surface area (Å²) in [6.45, 7) is 4.01. The number of carbonyl (C=O) groups is 1. The Morgan fingerprint density at radius 1 is 1.00 bits per heavy atom. The number of amides is 1. The van der Waals surface area contributed by atoms with E-state index in [1.165, 1.54) is 11.8 Å². The molecule has 156 valence electrons. The van der Waals surface area contributed by atoms with Crippen LogP contribution < -0.4 is 5.32 Å². The van der Waals surface area contributed by atoms with Gasteiger partial charge in [-0.3, -0.25) is 14.3 Å². The molecule has 0 aliphatic carbocycles. The SMILES string of the molecule is Cc1cc(C)cc(NC(=O)CSc2nnc(-c3ccncc3)n2-c2ccc(Cl)cc2)c1. The monoisotopic (exact) mass is 449 g/mol. The molecule has 2 aromatic carbocycles. The first-order chi connectivity index (χ1) is 15.0. The minimum Gasteiger partial charge on any atom is -0.325 e. The van der Waals surface area contributed by atoms with Crippen molar-refractivity contribution in [2.24, 2.45) is 0 Å². The number of halogens is 1. The van der Waals surface area contributed by atoms with Crippen LogP contribution in [0, 0.1) is 13.8 Å². The number of anilines is 1. The largest absolute Gasteiger partial charge is 0.325 e. The van der Waals surface area contributed by atoms with Gasteiger partial charge in [0.25, 0.3) is 0 Å². The predicted octanol–water partition coefficient (Wildman–Crippen LogP) is 5.33. The summed E-state index contributed by atoms with van der Waals surface area (Å²) in [5.74, 6) is 0.766. The van der Waals surface area contributed by atoms with Crippen molar-refractivity contribution in [3.05, 3.63) is 83.1 Å². The maximum atomic E-state index is 12.6.